The van der Waals surface area contributed by atoms with Crippen LogP contribution in [0.15, 0.2) is 10.1 Å². The van der Waals surface area contributed by atoms with Crippen LogP contribution in [0.25, 0.3) is 0 Å². The van der Waals surface area contributed by atoms with Gasteiger partial charge in [-0.1, -0.05) is 18.5 Å². The molecule has 1 heterocycles. The van der Waals surface area contributed by atoms with Crippen LogP contribution in [0.3, 0.4) is 0 Å². The lowest BCUT2D eigenvalue weighted by Gasteiger charge is -1.92. The first-order valence-corrected chi connectivity index (χ1v) is 4.06. The van der Waals surface area contributed by atoms with Crippen LogP contribution in [0.5, 0.6) is 0 Å². The molecular weight excluding hydrogens is 174 g/mol. The topological polar surface area (TPSA) is 43.1 Å². The van der Waals surface area contributed by atoms with E-state index < -0.39 is 4.92 Å². The third-order valence-electron chi connectivity index (χ3n) is 1.23. The normalized spacial score (nSPS) is 25.6. The van der Waals surface area contributed by atoms with Crippen molar-refractivity contribution in [3.8, 4) is 0 Å². The van der Waals surface area contributed by atoms with E-state index in [-0.39, 0.29) is 10.9 Å². The summed E-state index contributed by atoms with van der Waals surface area (Å²) in [5.41, 5.74) is 0.166. The lowest BCUT2D eigenvalue weighted by Crippen LogP contribution is -1.99. The van der Waals surface area contributed by atoms with Gasteiger partial charge in [0, 0.05) is 5.25 Å². The number of nitrogens with zero attached hydrogens (tertiary/aromatic N) is 1. The van der Waals surface area contributed by atoms with Gasteiger partial charge in [-0.25, -0.2) is 0 Å². The summed E-state index contributed by atoms with van der Waals surface area (Å²) in [6.07, 6.45) is 0.483. The average Bonchev–Trinajstić information content (AvgIpc) is 2.10. The van der Waals surface area contributed by atoms with Crippen molar-refractivity contribution < 1.29 is 4.92 Å². The van der Waals surface area contributed by atoms with Crippen molar-refractivity contribution in [1.29, 1.82) is 0 Å². The summed E-state index contributed by atoms with van der Waals surface area (Å²) in [7, 11) is 0. The molecule has 0 N–H and O–H groups in total. The third kappa shape index (κ3) is 1.44. The van der Waals surface area contributed by atoms with Crippen LogP contribution < -0.4 is 0 Å². The Morgan fingerprint density at radius 2 is 2.50 bits per heavy atom. The molecule has 0 amide bonds. The zero-order valence-corrected chi connectivity index (χ0v) is 6.91. The molecule has 3 nitrogen and oxygen atoms in total. The maximum Gasteiger partial charge on any atom is 0.272 e. The largest absolute Gasteiger partial charge is 0.272 e. The first-order chi connectivity index (χ1) is 4.61. The molecule has 0 aromatic heterocycles. The Bertz CT molecular complexity index is 204. The SMILES string of the molecule is CC1CC([N+](=O)[O-])=C(Cl)S1. The predicted molar refractivity (Wildman–Crippen MR) is 41.5 cm³/mol. The van der Waals surface area contributed by atoms with E-state index in [0.29, 0.717) is 10.8 Å². The van der Waals surface area contributed by atoms with Gasteiger partial charge >= 0.3 is 0 Å². The zero-order valence-electron chi connectivity index (χ0n) is 5.33. The fourth-order valence-electron chi connectivity index (χ4n) is 0.785. The molecule has 0 aromatic rings. The van der Waals surface area contributed by atoms with E-state index in [0.717, 1.165) is 0 Å². The molecule has 1 aliphatic rings. The van der Waals surface area contributed by atoms with Gasteiger partial charge in [0.1, 0.15) is 4.36 Å². The molecule has 1 aliphatic heterocycles. The van der Waals surface area contributed by atoms with Gasteiger partial charge in [-0.15, -0.1) is 11.8 Å². The van der Waals surface area contributed by atoms with Crippen molar-refractivity contribution in [2.75, 3.05) is 0 Å². The summed E-state index contributed by atoms with van der Waals surface area (Å²) >= 11 is 6.93. The summed E-state index contributed by atoms with van der Waals surface area (Å²) < 4.78 is 0.345. The molecule has 0 spiro atoms. The van der Waals surface area contributed by atoms with Gasteiger partial charge in [-0.05, 0) is 0 Å². The second-order valence-electron chi connectivity index (χ2n) is 2.11. The summed E-state index contributed by atoms with van der Waals surface area (Å²) in [4.78, 5) is 9.80. The molecule has 0 saturated heterocycles. The standard InChI is InChI=1S/C5H6ClNO2S/c1-3-2-4(7(8)9)5(6)10-3/h3H,2H2,1H3. The van der Waals surface area contributed by atoms with Gasteiger partial charge in [0.15, 0.2) is 0 Å². The van der Waals surface area contributed by atoms with Crippen molar-refractivity contribution in [3.63, 3.8) is 0 Å². The Balaban J connectivity index is 2.76. The molecule has 5 heteroatoms. The molecule has 10 heavy (non-hydrogen) atoms. The van der Waals surface area contributed by atoms with E-state index in [9.17, 15) is 10.1 Å². The highest BCUT2D eigenvalue weighted by molar-refractivity contribution is 8.05. The molecule has 0 saturated carbocycles. The Morgan fingerprint density at radius 1 is 1.90 bits per heavy atom. The highest BCUT2D eigenvalue weighted by Gasteiger charge is 2.28. The Kier molecular flexibility index (Phi) is 2.21. The molecular formula is C5H6ClNO2S. The van der Waals surface area contributed by atoms with Crippen LogP contribution in [0.1, 0.15) is 13.3 Å². The van der Waals surface area contributed by atoms with Crippen LogP contribution in [0.2, 0.25) is 0 Å². The second kappa shape index (κ2) is 2.80. The number of halogens is 1. The summed E-state index contributed by atoms with van der Waals surface area (Å²) in [6.45, 7) is 1.92. The first-order valence-electron chi connectivity index (χ1n) is 2.81. The fraction of sp³-hybridized carbons (Fsp3) is 0.600. The Morgan fingerprint density at radius 3 is 2.70 bits per heavy atom. The van der Waals surface area contributed by atoms with E-state index in [4.69, 9.17) is 11.6 Å². The molecule has 56 valence electrons. The van der Waals surface area contributed by atoms with Crippen molar-refractivity contribution in [3.05, 3.63) is 20.2 Å². The smallest absolute Gasteiger partial charge is 0.259 e. The summed E-state index contributed by atoms with van der Waals surface area (Å²) in [6, 6.07) is 0. The van der Waals surface area contributed by atoms with Crippen LogP contribution in [0.4, 0.5) is 0 Å². The number of nitro groups is 1. The van der Waals surface area contributed by atoms with Crippen LogP contribution >= 0.6 is 23.4 Å². The number of thioether (sulfide) groups is 1. The highest BCUT2D eigenvalue weighted by Crippen LogP contribution is 2.39. The molecule has 1 atom stereocenters. The van der Waals surface area contributed by atoms with Gasteiger partial charge in [0.2, 0.25) is 0 Å². The third-order valence-corrected chi connectivity index (χ3v) is 2.73. The lowest BCUT2D eigenvalue weighted by atomic mass is 10.3. The number of allylic oxidation sites excluding steroid dienone is 1. The fourth-order valence-corrected chi connectivity index (χ4v) is 2.28. The predicted octanol–water partition coefficient (Wildman–Crippen LogP) is 2.20. The van der Waals surface area contributed by atoms with Crippen LogP contribution in [-0.2, 0) is 0 Å². The van der Waals surface area contributed by atoms with E-state index >= 15 is 0 Å². The minimum absolute atomic E-state index is 0.166. The molecule has 0 fully saturated rings. The van der Waals surface area contributed by atoms with Gasteiger partial charge < -0.3 is 0 Å². The summed E-state index contributed by atoms with van der Waals surface area (Å²) in [5.74, 6) is 0. The van der Waals surface area contributed by atoms with Crippen molar-refractivity contribution >= 4 is 23.4 Å². The first kappa shape index (κ1) is 7.88. The van der Waals surface area contributed by atoms with E-state index in [1.54, 1.807) is 0 Å². The molecule has 0 aromatic carbocycles. The Hall–Kier alpha value is -0.220. The number of hydrogen-bond donors (Lipinski definition) is 0. The van der Waals surface area contributed by atoms with E-state index in [2.05, 4.69) is 0 Å². The molecule has 1 unspecified atom stereocenters. The van der Waals surface area contributed by atoms with Gasteiger partial charge in [0.25, 0.3) is 5.70 Å². The Labute approximate surface area is 67.6 Å². The second-order valence-corrected chi connectivity index (χ2v) is 4.16. The van der Waals surface area contributed by atoms with Crippen LogP contribution in [0, 0.1) is 10.1 Å². The minimum atomic E-state index is -0.404. The van der Waals surface area contributed by atoms with Crippen LogP contribution in [-0.4, -0.2) is 10.2 Å². The molecule has 0 bridgehead atoms. The lowest BCUT2D eigenvalue weighted by molar-refractivity contribution is -0.427. The van der Waals surface area contributed by atoms with E-state index in [1.165, 1.54) is 11.8 Å². The molecule has 1 rings (SSSR count). The molecule has 0 radical (unpaired) electrons. The summed E-state index contributed by atoms with van der Waals surface area (Å²) in [5, 5.41) is 10.5. The van der Waals surface area contributed by atoms with Crippen molar-refractivity contribution in [2.45, 2.75) is 18.6 Å². The highest BCUT2D eigenvalue weighted by atomic mass is 35.5. The average molecular weight is 180 g/mol. The minimum Gasteiger partial charge on any atom is -0.259 e. The van der Waals surface area contributed by atoms with E-state index in [1.807, 2.05) is 6.92 Å². The maximum atomic E-state index is 10.2. The van der Waals surface area contributed by atoms with Crippen molar-refractivity contribution in [1.82, 2.24) is 0 Å². The number of hydrogen-bond acceptors (Lipinski definition) is 3. The van der Waals surface area contributed by atoms with Gasteiger partial charge in [-0.3, -0.25) is 10.1 Å². The quantitative estimate of drug-likeness (QED) is 0.458. The van der Waals surface area contributed by atoms with Crippen molar-refractivity contribution in [2.24, 2.45) is 0 Å². The maximum absolute atomic E-state index is 10.2. The monoisotopic (exact) mass is 179 g/mol. The van der Waals surface area contributed by atoms with Gasteiger partial charge in [-0.2, -0.15) is 0 Å². The molecule has 0 aliphatic carbocycles. The van der Waals surface area contributed by atoms with Gasteiger partial charge in [0.05, 0.1) is 11.3 Å². The zero-order chi connectivity index (χ0) is 7.72. The number of rotatable bonds is 1.